The number of benzene rings is 1. The first-order valence-corrected chi connectivity index (χ1v) is 5.64. The molecule has 80 valence electrons. The average molecular weight is 268 g/mol. The first-order valence-electron chi connectivity index (χ1n) is 4.85. The smallest absolute Gasteiger partial charge is 0.223 e. The second-order valence-corrected chi connectivity index (χ2v) is 4.00. The molecule has 0 aliphatic heterocycles. The van der Waals surface area contributed by atoms with Gasteiger partial charge < -0.3 is 4.90 Å². The van der Waals surface area contributed by atoms with E-state index < -0.39 is 0 Å². The summed E-state index contributed by atoms with van der Waals surface area (Å²) in [5.41, 5.74) is 1.07. The topological polar surface area (TPSA) is 20.3 Å². The maximum atomic E-state index is 11.1. The molecule has 0 bridgehead atoms. The summed E-state index contributed by atoms with van der Waals surface area (Å²) < 4.78 is 1.03. The molecule has 3 heteroatoms. The molecule has 0 spiro atoms. The van der Waals surface area contributed by atoms with Crippen LogP contribution in [0.15, 0.2) is 34.9 Å². The Kier molecular flexibility index (Phi) is 4.56. The highest BCUT2D eigenvalue weighted by Crippen LogP contribution is 2.17. The van der Waals surface area contributed by atoms with Crippen LogP contribution in [0.4, 0.5) is 0 Å². The van der Waals surface area contributed by atoms with Crippen LogP contribution in [0.3, 0.4) is 0 Å². The van der Waals surface area contributed by atoms with Gasteiger partial charge in [0.05, 0.1) is 0 Å². The predicted octanol–water partition coefficient (Wildman–Crippen LogP) is 3.29. The van der Waals surface area contributed by atoms with Crippen LogP contribution in [0.2, 0.25) is 0 Å². The van der Waals surface area contributed by atoms with Crippen LogP contribution in [0.25, 0.3) is 6.08 Å². The lowest BCUT2D eigenvalue weighted by atomic mass is 10.2. The second kappa shape index (κ2) is 5.71. The van der Waals surface area contributed by atoms with Crippen molar-refractivity contribution in [3.8, 4) is 0 Å². The van der Waals surface area contributed by atoms with Crippen molar-refractivity contribution in [2.24, 2.45) is 0 Å². The van der Waals surface area contributed by atoms with Crippen LogP contribution in [0, 0.1) is 0 Å². The Hall–Kier alpha value is -1.09. The van der Waals surface area contributed by atoms with E-state index >= 15 is 0 Å². The third kappa shape index (κ3) is 3.51. The standard InChI is InChI=1S/C12H14BrNO/c1-3-14(10(2)15)9-8-11-6-4-5-7-12(11)13/h4-9H,3H2,1-2H3/b9-8+. The van der Waals surface area contributed by atoms with Crippen LogP contribution < -0.4 is 0 Å². The number of carbonyl (C=O) groups is 1. The summed E-state index contributed by atoms with van der Waals surface area (Å²) in [6, 6.07) is 7.90. The molecule has 1 aromatic rings. The van der Waals surface area contributed by atoms with Crippen molar-refractivity contribution in [1.29, 1.82) is 0 Å². The Morgan fingerprint density at radius 2 is 2.13 bits per heavy atom. The summed E-state index contributed by atoms with van der Waals surface area (Å²) in [5.74, 6) is 0.0563. The Morgan fingerprint density at radius 3 is 2.67 bits per heavy atom. The molecule has 0 aromatic heterocycles. The molecule has 1 aromatic carbocycles. The van der Waals surface area contributed by atoms with Crippen molar-refractivity contribution in [3.63, 3.8) is 0 Å². The normalized spacial score (nSPS) is 10.6. The van der Waals surface area contributed by atoms with Crippen LogP contribution in [-0.4, -0.2) is 17.4 Å². The molecular weight excluding hydrogens is 254 g/mol. The van der Waals surface area contributed by atoms with Crippen LogP contribution in [0.1, 0.15) is 19.4 Å². The molecule has 1 amide bonds. The fourth-order valence-corrected chi connectivity index (χ4v) is 1.63. The lowest BCUT2D eigenvalue weighted by Crippen LogP contribution is -2.21. The van der Waals surface area contributed by atoms with Gasteiger partial charge in [0.2, 0.25) is 5.91 Å². The third-order valence-corrected chi connectivity index (χ3v) is 2.81. The van der Waals surface area contributed by atoms with Gasteiger partial charge in [0, 0.05) is 24.1 Å². The molecule has 15 heavy (non-hydrogen) atoms. The second-order valence-electron chi connectivity index (χ2n) is 3.14. The highest BCUT2D eigenvalue weighted by Gasteiger charge is 2.00. The molecule has 0 saturated carbocycles. The quantitative estimate of drug-likeness (QED) is 0.823. The summed E-state index contributed by atoms with van der Waals surface area (Å²) in [4.78, 5) is 12.8. The van der Waals surface area contributed by atoms with Crippen molar-refractivity contribution in [2.45, 2.75) is 13.8 Å². The molecule has 0 aliphatic carbocycles. The summed E-state index contributed by atoms with van der Waals surface area (Å²) in [6.45, 7) is 4.20. The molecule has 0 N–H and O–H groups in total. The molecular formula is C12H14BrNO. The van der Waals surface area contributed by atoms with E-state index in [1.165, 1.54) is 0 Å². The highest BCUT2D eigenvalue weighted by molar-refractivity contribution is 9.10. The van der Waals surface area contributed by atoms with Gasteiger partial charge in [-0.3, -0.25) is 4.79 Å². The van der Waals surface area contributed by atoms with Crippen molar-refractivity contribution in [2.75, 3.05) is 6.54 Å². The zero-order valence-electron chi connectivity index (χ0n) is 8.90. The number of hydrogen-bond acceptors (Lipinski definition) is 1. The van der Waals surface area contributed by atoms with Crippen molar-refractivity contribution in [3.05, 3.63) is 40.5 Å². The van der Waals surface area contributed by atoms with E-state index in [2.05, 4.69) is 15.9 Å². The van der Waals surface area contributed by atoms with E-state index in [4.69, 9.17) is 0 Å². The predicted molar refractivity (Wildman–Crippen MR) is 66.2 cm³/mol. The molecule has 0 aliphatic rings. The van der Waals surface area contributed by atoms with E-state index in [9.17, 15) is 4.79 Å². The van der Waals surface area contributed by atoms with Gasteiger partial charge in [-0.25, -0.2) is 0 Å². The van der Waals surface area contributed by atoms with Gasteiger partial charge in [0.15, 0.2) is 0 Å². The molecule has 0 unspecified atom stereocenters. The Morgan fingerprint density at radius 1 is 1.47 bits per heavy atom. The van der Waals surface area contributed by atoms with Gasteiger partial charge in [-0.05, 0) is 24.6 Å². The maximum Gasteiger partial charge on any atom is 0.223 e. The Balaban J connectivity index is 2.81. The van der Waals surface area contributed by atoms with Gasteiger partial charge >= 0.3 is 0 Å². The fourth-order valence-electron chi connectivity index (χ4n) is 1.21. The van der Waals surface area contributed by atoms with Gasteiger partial charge in [0.1, 0.15) is 0 Å². The van der Waals surface area contributed by atoms with E-state index in [-0.39, 0.29) is 5.91 Å². The minimum absolute atomic E-state index is 0.0563. The van der Waals surface area contributed by atoms with E-state index in [1.54, 1.807) is 11.8 Å². The number of nitrogens with zero attached hydrogens (tertiary/aromatic N) is 1. The fraction of sp³-hybridized carbons (Fsp3) is 0.250. The minimum Gasteiger partial charge on any atom is -0.320 e. The summed E-state index contributed by atoms with van der Waals surface area (Å²) >= 11 is 3.45. The van der Waals surface area contributed by atoms with Gasteiger partial charge in [0.25, 0.3) is 0 Å². The zero-order chi connectivity index (χ0) is 11.3. The largest absolute Gasteiger partial charge is 0.320 e. The minimum atomic E-state index is 0.0563. The molecule has 0 saturated heterocycles. The van der Waals surface area contributed by atoms with Gasteiger partial charge in [-0.15, -0.1) is 0 Å². The number of amides is 1. The summed E-state index contributed by atoms with van der Waals surface area (Å²) in [6.07, 6.45) is 3.73. The SMILES string of the molecule is CCN(/C=C/c1ccccc1Br)C(C)=O. The molecule has 0 fully saturated rings. The lowest BCUT2D eigenvalue weighted by molar-refractivity contribution is -0.126. The van der Waals surface area contributed by atoms with Crippen LogP contribution in [0.5, 0.6) is 0 Å². The zero-order valence-corrected chi connectivity index (χ0v) is 10.5. The van der Waals surface area contributed by atoms with E-state index in [1.807, 2.05) is 43.5 Å². The molecule has 0 heterocycles. The van der Waals surface area contributed by atoms with E-state index in [0.717, 1.165) is 10.0 Å². The Bertz CT molecular complexity index is 374. The first-order chi connectivity index (χ1) is 7.15. The molecule has 2 nitrogen and oxygen atoms in total. The average Bonchev–Trinajstić information content (AvgIpc) is 2.21. The van der Waals surface area contributed by atoms with Crippen molar-refractivity contribution < 1.29 is 4.79 Å². The van der Waals surface area contributed by atoms with Crippen molar-refractivity contribution >= 4 is 27.9 Å². The number of carbonyl (C=O) groups excluding carboxylic acids is 1. The number of hydrogen-bond donors (Lipinski definition) is 0. The highest BCUT2D eigenvalue weighted by atomic mass is 79.9. The third-order valence-electron chi connectivity index (χ3n) is 2.08. The maximum absolute atomic E-state index is 11.1. The van der Waals surface area contributed by atoms with E-state index in [0.29, 0.717) is 6.54 Å². The molecule has 1 rings (SSSR count). The molecule has 0 radical (unpaired) electrons. The van der Waals surface area contributed by atoms with Crippen LogP contribution in [-0.2, 0) is 4.79 Å². The monoisotopic (exact) mass is 267 g/mol. The van der Waals surface area contributed by atoms with Crippen LogP contribution >= 0.6 is 15.9 Å². The summed E-state index contributed by atoms with van der Waals surface area (Å²) in [7, 11) is 0. The van der Waals surface area contributed by atoms with Crippen molar-refractivity contribution in [1.82, 2.24) is 4.90 Å². The first kappa shape index (κ1) is 12.0. The Labute approximate surface area is 98.7 Å². The van der Waals surface area contributed by atoms with Gasteiger partial charge in [-0.1, -0.05) is 34.1 Å². The lowest BCUT2D eigenvalue weighted by Gasteiger charge is -2.12. The number of rotatable bonds is 3. The molecule has 0 atom stereocenters. The summed E-state index contributed by atoms with van der Waals surface area (Å²) in [5, 5.41) is 0. The number of halogens is 1. The van der Waals surface area contributed by atoms with Gasteiger partial charge in [-0.2, -0.15) is 0 Å².